The molecule has 10 heteroatoms. The normalized spacial score (nSPS) is 12.1. The van der Waals surface area contributed by atoms with Crippen LogP contribution in [0.2, 0.25) is 0 Å². The standard InChI is InChI=1S/C23H24N6O2S2/c1-14(2)19(26-21(31)15-9-5-4-6-10-15)20-27-28-23(29(20)3)32-13-18(30)25-22-24-16-11-7-8-12-17(16)33-22/h4-12,14,19H,13H2,1-3H3,(H,26,31)(H,24,25,30)/t19-/m0/s1. The number of thioether (sulfide) groups is 1. The molecule has 4 aromatic rings. The van der Waals surface area contributed by atoms with E-state index in [1.165, 1.54) is 23.1 Å². The lowest BCUT2D eigenvalue weighted by Gasteiger charge is -2.21. The highest BCUT2D eigenvalue weighted by molar-refractivity contribution is 7.99. The summed E-state index contributed by atoms with van der Waals surface area (Å²) in [5.41, 5.74) is 1.45. The smallest absolute Gasteiger partial charge is 0.251 e. The molecule has 0 aliphatic rings. The molecular weight excluding hydrogens is 456 g/mol. The van der Waals surface area contributed by atoms with Crippen molar-refractivity contribution in [3.8, 4) is 0 Å². The third-order valence-corrected chi connectivity index (χ3v) is 6.98. The molecule has 2 N–H and O–H groups in total. The first-order chi connectivity index (χ1) is 15.9. The molecule has 0 aliphatic carbocycles. The van der Waals surface area contributed by atoms with Crippen LogP contribution < -0.4 is 10.6 Å². The van der Waals surface area contributed by atoms with Crippen molar-refractivity contribution in [2.24, 2.45) is 13.0 Å². The van der Waals surface area contributed by atoms with Gasteiger partial charge in [-0.25, -0.2) is 4.98 Å². The molecule has 0 saturated heterocycles. The number of anilines is 1. The van der Waals surface area contributed by atoms with Crippen LogP contribution in [0.5, 0.6) is 0 Å². The van der Waals surface area contributed by atoms with Gasteiger partial charge in [0, 0.05) is 12.6 Å². The first kappa shape index (κ1) is 22.9. The Bertz CT molecular complexity index is 1240. The first-order valence-electron chi connectivity index (χ1n) is 10.5. The van der Waals surface area contributed by atoms with Crippen LogP contribution in [0, 0.1) is 5.92 Å². The Morgan fingerprint density at radius 3 is 2.52 bits per heavy atom. The molecule has 4 rings (SSSR count). The minimum atomic E-state index is -0.318. The number of carbonyl (C=O) groups excluding carboxylic acids is 2. The third kappa shape index (κ3) is 5.40. The third-order valence-electron chi connectivity index (χ3n) is 5.01. The van der Waals surface area contributed by atoms with Crippen LogP contribution in [0.3, 0.4) is 0 Å². The maximum Gasteiger partial charge on any atom is 0.251 e. The molecule has 0 spiro atoms. The van der Waals surface area contributed by atoms with Crippen LogP contribution in [0.15, 0.2) is 59.8 Å². The Labute approximate surface area is 199 Å². The molecule has 2 heterocycles. The highest BCUT2D eigenvalue weighted by atomic mass is 32.2. The van der Waals surface area contributed by atoms with Crippen molar-refractivity contribution in [1.82, 2.24) is 25.1 Å². The molecule has 0 fully saturated rings. The highest BCUT2D eigenvalue weighted by Crippen LogP contribution is 2.27. The summed E-state index contributed by atoms with van der Waals surface area (Å²) in [6.07, 6.45) is 0. The Morgan fingerprint density at radius 1 is 1.06 bits per heavy atom. The summed E-state index contributed by atoms with van der Waals surface area (Å²) in [5.74, 6) is 0.581. The Kier molecular flexibility index (Phi) is 7.05. The molecular formula is C23H24N6O2S2. The summed E-state index contributed by atoms with van der Waals surface area (Å²) in [7, 11) is 1.84. The lowest BCUT2D eigenvalue weighted by atomic mass is 10.0. The fourth-order valence-electron chi connectivity index (χ4n) is 3.28. The topological polar surface area (TPSA) is 102 Å². The quantitative estimate of drug-likeness (QED) is 0.365. The second-order valence-corrected chi connectivity index (χ2v) is 9.76. The number of aromatic nitrogens is 4. The average Bonchev–Trinajstić information content (AvgIpc) is 3.38. The van der Waals surface area contributed by atoms with Gasteiger partial charge in [-0.05, 0) is 30.2 Å². The first-order valence-corrected chi connectivity index (χ1v) is 12.3. The van der Waals surface area contributed by atoms with Gasteiger partial charge in [0.2, 0.25) is 5.91 Å². The number of benzene rings is 2. The van der Waals surface area contributed by atoms with Crippen molar-refractivity contribution in [3.63, 3.8) is 0 Å². The van der Waals surface area contributed by atoms with E-state index in [1.54, 1.807) is 12.1 Å². The number of nitrogens with zero attached hydrogens (tertiary/aromatic N) is 4. The lowest BCUT2D eigenvalue weighted by molar-refractivity contribution is -0.113. The SMILES string of the molecule is CC(C)[C@H](NC(=O)c1ccccc1)c1nnc(SCC(=O)Nc2nc3ccccc3s2)n1C. The van der Waals surface area contributed by atoms with Gasteiger partial charge in [-0.3, -0.25) is 9.59 Å². The van der Waals surface area contributed by atoms with Crippen LogP contribution in [-0.2, 0) is 11.8 Å². The van der Waals surface area contributed by atoms with E-state index < -0.39 is 0 Å². The van der Waals surface area contributed by atoms with Crippen molar-refractivity contribution in [2.45, 2.75) is 25.0 Å². The molecule has 0 aliphatic heterocycles. The van der Waals surface area contributed by atoms with E-state index in [0.29, 0.717) is 21.7 Å². The second kappa shape index (κ2) is 10.1. The molecule has 8 nitrogen and oxygen atoms in total. The fraction of sp³-hybridized carbons (Fsp3) is 0.261. The summed E-state index contributed by atoms with van der Waals surface area (Å²) in [6.45, 7) is 4.03. The van der Waals surface area contributed by atoms with E-state index in [1.807, 2.05) is 67.9 Å². The van der Waals surface area contributed by atoms with Crippen molar-refractivity contribution in [3.05, 3.63) is 66.0 Å². The molecule has 0 unspecified atom stereocenters. The summed E-state index contributed by atoms with van der Waals surface area (Å²) in [6, 6.07) is 16.5. The van der Waals surface area contributed by atoms with Crippen LogP contribution in [0.1, 0.15) is 36.1 Å². The second-order valence-electron chi connectivity index (χ2n) is 7.78. The number of hydrogen-bond acceptors (Lipinski definition) is 7. The summed E-state index contributed by atoms with van der Waals surface area (Å²) in [4.78, 5) is 29.5. The summed E-state index contributed by atoms with van der Waals surface area (Å²) < 4.78 is 2.85. The molecule has 0 bridgehead atoms. The van der Waals surface area contributed by atoms with Crippen LogP contribution >= 0.6 is 23.1 Å². The molecule has 1 atom stereocenters. The maximum absolute atomic E-state index is 12.7. The van der Waals surface area contributed by atoms with Gasteiger partial charge in [-0.15, -0.1) is 10.2 Å². The van der Waals surface area contributed by atoms with Gasteiger partial charge in [-0.2, -0.15) is 0 Å². The Balaban J connectivity index is 1.40. The minimum Gasteiger partial charge on any atom is -0.342 e. The van der Waals surface area contributed by atoms with Crippen molar-refractivity contribution in [1.29, 1.82) is 0 Å². The molecule has 170 valence electrons. The molecule has 2 amide bonds. The van der Waals surface area contributed by atoms with E-state index in [-0.39, 0.29) is 29.5 Å². The number of amides is 2. The van der Waals surface area contributed by atoms with Crippen molar-refractivity contribution in [2.75, 3.05) is 11.1 Å². The number of fused-ring (bicyclic) bond motifs is 1. The minimum absolute atomic E-state index is 0.0979. The average molecular weight is 481 g/mol. The van der Waals surface area contributed by atoms with Gasteiger partial charge in [0.1, 0.15) is 0 Å². The number of rotatable bonds is 8. The zero-order valence-corrected chi connectivity index (χ0v) is 20.1. The summed E-state index contributed by atoms with van der Waals surface area (Å²) in [5, 5.41) is 15.6. The Morgan fingerprint density at radius 2 is 1.79 bits per heavy atom. The highest BCUT2D eigenvalue weighted by Gasteiger charge is 2.25. The monoisotopic (exact) mass is 480 g/mol. The molecule has 2 aromatic heterocycles. The molecule has 2 aromatic carbocycles. The van der Waals surface area contributed by atoms with E-state index in [2.05, 4.69) is 25.8 Å². The van der Waals surface area contributed by atoms with Gasteiger partial charge in [0.05, 0.1) is 22.0 Å². The lowest BCUT2D eigenvalue weighted by Crippen LogP contribution is -2.33. The van der Waals surface area contributed by atoms with Crippen molar-refractivity contribution >= 4 is 50.3 Å². The number of thiazole rings is 1. The molecule has 0 saturated carbocycles. The van der Waals surface area contributed by atoms with Gasteiger partial charge < -0.3 is 15.2 Å². The summed E-state index contributed by atoms with van der Waals surface area (Å²) >= 11 is 2.73. The number of carbonyl (C=O) groups is 2. The van der Waals surface area contributed by atoms with E-state index in [4.69, 9.17) is 0 Å². The Hall–Kier alpha value is -3.24. The van der Waals surface area contributed by atoms with Gasteiger partial charge in [-0.1, -0.05) is 67.3 Å². The maximum atomic E-state index is 12.7. The van der Waals surface area contributed by atoms with E-state index >= 15 is 0 Å². The van der Waals surface area contributed by atoms with Gasteiger partial charge >= 0.3 is 0 Å². The molecule has 33 heavy (non-hydrogen) atoms. The zero-order chi connectivity index (χ0) is 23.4. The van der Waals surface area contributed by atoms with E-state index in [0.717, 1.165) is 10.2 Å². The van der Waals surface area contributed by atoms with Crippen molar-refractivity contribution < 1.29 is 9.59 Å². The van der Waals surface area contributed by atoms with Crippen LogP contribution in [-0.4, -0.2) is 37.3 Å². The largest absolute Gasteiger partial charge is 0.342 e. The van der Waals surface area contributed by atoms with Crippen LogP contribution in [0.4, 0.5) is 5.13 Å². The number of hydrogen-bond donors (Lipinski definition) is 2. The van der Waals surface area contributed by atoms with Gasteiger partial charge in [0.25, 0.3) is 5.91 Å². The van der Waals surface area contributed by atoms with Crippen LogP contribution in [0.25, 0.3) is 10.2 Å². The fourth-order valence-corrected chi connectivity index (χ4v) is 4.88. The molecule has 0 radical (unpaired) electrons. The predicted molar refractivity (Wildman–Crippen MR) is 131 cm³/mol. The number of para-hydroxylation sites is 1. The van der Waals surface area contributed by atoms with Gasteiger partial charge in [0.15, 0.2) is 16.1 Å². The predicted octanol–water partition coefficient (Wildman–Crippen LogP) is 4.28. The number of nitrogens with one attached hydrogen (secondary N) is 2. The van der Waals surface area contributed by atoms with E-state index in [9.17, 15) is 9.59 Å². The zero-order valence-electron chi connectivity index (χ0n) is 18.5.